The molecule has 0 unspecified atom stereocenters. The van der Waals surface area contributed by atoms with Crippen LogP contribution in [0.15, 0.2) is 24.0 Å². The predicted octanol–water partition coefficient (Wildman–Crippen LogP) is 3.86. The fraction of sp³-hybridized carbons (Fsp3) is 0.556. The van der Waals surface area contributed by atoms with Crippen molar-refractivity contribution in [1.29, 1.82) is 5.41 Å². The first-order valence-corrected chi connectivity index (χ1v) is 8.74. The topological polar surface area (TPSA) is 84.0 Å². The third kappa shape index (κ3) is 4.11. The van der Waals surface area contributed by atoms with Gasteiger partial charge in [-0.2, -0.15) is 0 Å². The molecule has 0 aromatic carbocycles. The standard InChI is InChI=1S/C18H23F3N4O/c1-9(2)25-14(16-11-4-3-5-12(11)16)7-13(22)10-6-15(17(23)24-8-10)26-18(19,20)21/h6-9,11-12,16,22,25H,3-5H2,1-2H3,(H2,23,24)/b14-7-,22-13?/t11-,12+,16+. The molecule has 1 aromatic heterocycles. The van der Waals surface area contributed by atoms with Crippen LogP contribution in [0.2, 0.25) is 0 Å². The molecule has 3 rings (SSSR count). The lowest BCUT2D eigenvalue weighted by Gasteiger charge is -2.17. The molecule has 1 aromatic rings. The van der Waals surface area contributed by atoms with Crippen LogP contribution < -0.4 is 15.8 Å². The second-order valence-electron chi connectivity index (χ2n) is 7.25. The van der Waals surface area contributed by atoms with Crippen LogP contribution in [0.1, 0.15) is 38.7 Å². The number of pyridine rings is 1. The van der Waals surface area contributed by atoms with E-state index < -0.39 is 12.1 Å². The van der Waals surface area contributed by atoms with E-state index in [4.69, 9.17) is 11.1 Å². The zero-order chi connectivity index (χ0) is 19.1. The third-order valence-corrected chi connectivity index (χ3v) is 4.94. The number of fused-ring (bicyclic) bond motifs is 1. The SMILES string of the molecule is CC(C)N/C(=C\C(=N)c1cnc(N)c(OC(F)(F)F)c1)[C@H]1[C@@H]2CCC[C@@H]21. The summed E-state index contributed by atoms with van der Waals surface area (Å²) in [5.74, 6) is 0.789. The normalized spacial score (nSPS) is 25.2. The number of hydrogen-bond acceptors (Lipinski definition) is 5. The summed E-state index contributed by atoms with van der Waals surface area (Å²) < 4.78 is 41.3. The van der Waals surface area contributed by atoms with Gasteiger partial charge in [-0.25, -0.2) is 4.98 Å². The lowest BCUT2D eigenvalue weighted by Crippen LogP contribution is -2.25. The van der Waals surface area contributed by atoms with Gasteiger partial charge in [-0.3, -0.25) is 0 Å². The van der Waals surface area contributed by atoms with Gasteiger partial charge in [-0.05, 0) is 50.7 Å². The number of anilines is 1. The van der Waals surface area contributed by atoms with Crippen LogP contribution in [0, 0.1) is 23.2 Å². The van der Waals surface area contributed by atoms with E-state index in [1.165, 1.54) is 25.5 Å². The minimum absolute atomic E-state index is 0.0812. The van der Waals surface area contributed by atoms with Crippen molar-refractivity contribution in [1.82, 2.24) is 10.3 Å². The molecular formula is C18H23F3N4O. The molecule has 26 heavy (non-hydrogen) atoms. The van der Waals surface area contributed by atoms with Gasteiger partial charge in [0.2, 0.25) is 0 Å². The summed E-state index contributed by atoms with van der Waals surface area (Å²) in [5.41, 5.74) is 6.74. The molecule has 0 amide bonds. The van der Waals surface area contributed by atoms with Gasteiger partial charge in [0.15, 0.2) is 11.6 Å². The van der Waals surface area contributed by atoms with Crippen molar-refractivity contribution < 1.29 is 17.9 Å². The van der Waals surface area contributed by atoms with Gasteiger partial charge < -0.3 is 21.2 Å². The molecule has 0 saturated heterocycles. The van der Waals surface area contributed by atoms with E-state index in [0.717, 1.165) is 11.8 Å². The van der Waals surface area contributed by atoms with Crippen molar-refractivity contribution >= 4 is 11.5 Å². The molecule has 0 aliphatic heterocycles. The summed E-state index contributed by atoms with van der Waals surface area (Å²) >= 11 is 0. The van der Waals surface area contributed by atoms with E-state index in [-0.39, 0.29) is 23.1 Å². The summed E-state index contributed by atoms with van der Waals surface area (Å²) in [6, 6.07) is 1.32. The van der Waals surface area contributed by atoms with E-state index in [1.54, 1.807) is 6.08 Å². The summed E-state index contributed by atoms with van der Waals surface area (Å²) in [5, 5.41) is 11.7. The van der Waals surface area contributed by atoms with E-state index >= 15 is 0 Å². The average molecular weight is 368 g/mol. The van der Waals surface area contributed by atoms with Crippen LogP contribution in [0.25, 0.3) is 0 Å². The minimum Gasteiger partial charge on any atom is -0.402 e. The van der Waals surface area contributed by atoms with Gasteiger partial charge in [0, 0.05) is 29.4 Å². The highest BCUT2D eigenvalue weighted by Gasteiger charge is 2.54. The Bertz CT molecular complexity index is 720. The van der Waals surface area contributed by atoms with Crippen LogP contribution in [-0.4, -0.2) is 23.1 Å². The van der Waals surface area contributed by atoms with Crippen molar-refractivity contribution in [2.24, 2.45) is 17.8 Å². The Kier molecular flexibility index (Phi) is 4.86. The summed E-state index contributed by atoms with van der Waals surface area (Å²) in [6.07, 6.45) is 1.78. The fourth-order valence-electron chi connectivity index (χ4n) is 3.90. The van der Waals surface area contributed by atoms with Gasteiger partial charge in [-0.15, -0.1) is 13.2 Å². The number of nitrogens with zero attached hydrogens (tertiary/aromatic N) is 1. The van der Waals surface area contributed by atoms with Crippen LogP contribution in [0.5, 0.6) is 5.75 Å². The number of halogens is 3. The number of rotatable bonds is 6. The number of nitrogens with two attached hydrogens (primary N) is 1. The van der Waals surface area contributed by atoms with E-state index in [2.05, 4.69) is 15.0 Å². The molecule has 5 nitrogen and oxygen atoms in total. The Hall–Kier alpha value is -2.25. The van der Waals surface area contributed by atoms with E-state index in [9.17, 15) is 13.2 Å². The molecule has 2 saturated carbocycles. The number of nitrogen functional groups attached to an aromatic ring is 1. The minimum atomic E-state index is -4.86. The lowest BCUT2D eigenvalue weighted by atomic mass is 10.0. The average Bonchev–Trinajstić information content (AvgIpc) is 2.99. The van der Waals surface area contributed by atoms with Crippen LogP contribution in [0.4, 0.5) is 19.0 Å². The number of alkyl halides is 3. The monoisotopic (exact) mass is 368 g/mol. The highest BCUT2D eigenvalue weighted by atomic mass is 19.4. The number of ether oxygens (including phenoxy) is 1. The molecule has 142 valence electrons. The molecule has 4 N–H and O–H groups in total. The first-order valence-electron chi connectivity index (χ1n) is 8.74. The van der Waals surface area contributed by atoms with Gasteiger partial charge in [0.05, 0.1) is 5.71 Å². The summed E-state index contributed by atoms with van der Waals surface area (Å²) in [7, 11) is 0. The van der Waals surface area contributed by atoms with Crippen molar-refractivity contribution in [3.63, 3.8) is 0 Å². The number of hydrogen-bond donors (Lipinski definition) is 3. The highest BCUT2D eigenvalue weighted by Crippen LogP contribution is 2.60. The molecule has 0 spiro atoms. The Balaban J connectivity index is 1.82. The Labute approximate surface area is 150 Å². The number of aromatic nitrogens is 1. The first-order chi connectivity index (χ1) is 12.2. The Morgan fingerprint density at radius 2 is 2.04 bits per heavy atom. The van der Waals surface area contributed by atoms with E-state index in [1.807, 2.05) is 13.8 Å². The summed E-state index contributed by atoms with van der Waals surface area (Å²) in [4.78, 5) is 3.73. The molecule has 8 heteroatoms. The Morgan fingerprint density at radius 1 is 1.38 bits per heavy atom. The van der Waals surface area contributed by atoms with Gasteiger partial charge >= 0.3 is 6.36 Å². The number of nitrogens with one attached hydrogen (secondary N) is 2. The van der Waals surface area contributed by atoms with Crippen molar-refractivity contribution in [3.8, 4) is 5.75 Å². The maximum Gasteiger partial charge on any atom is 0.573 e. The van der Waals surface area contributed by atoms with Gasteiger partial charge in [0.1, 0.15) is 0 Å². The van der Waals surface area contributed by atoms with E-state index in [0.29, 0.717) is 17.8 Å². The van der Waals surface area contributed by atoms with Gasteiger partial charge in [-0.1, -0.05) is 6.42 Å². The molecule has 0 bridgehead atoms. The molecule has 1 heterocycles. The Morgan fingerprint density at radius 3 is 2.62 bits per heavy atom. The molecular weight excluding hydrogens is 345 g/mol. The van der Waals surface area contributed by atoms with Crippen molar-refractivity contribution in [2.45, 2.75) is 45.5 Å². The summed E-state index contributed by atoms with van der Waals surface area (Å²) in [6.45, 7) is 4.05. The lowest BCUT2D eigenvalue weighted by molar-refractivity contribution is -0.274. The predicted molar refractivity (Wildman–Crippen MR) is 92.8 cm³/mol. The second kappa shape index (κ2) is 6.81. The largest absolute Gasteiger partial charge is 0.573 e. The van der Waals surface area contributed by atoms with Crippen molar-refractivity contribution in [3.05, 3.63) is 29.6 Å². The molecule has 2 aliphatic rings. The molecule has 0 radical (unpaired) electrons. The highest BCUT2D eigenvalue weighted by molar-refractivity contribution is 6.07. The van der Waals surface area contributed by atoms with Crippen molar-refractivity contribution in [2.75, 3.05) is 5.73 Å². The maximum atomic E-state index is 12.5. The first kappa shape index (κ1) is 18.5. The van der Waals surface area contributed by atoms with Crippen LogP contribution >= 0.6 is 0 Å². The fourth-order valence-corrected chi connectivity index (χ4v) is 3.90. The van der Waals surface area contributed by atoms with Crippen LogP contribution in [-0.2, 0) is 0 Å². The maximum absolute atomic E-state index is 12.5. The molecule has 3 atom stereocenters. The zero-order valence-electron chi connectivity index (χ0n) is 14.7. The molecule has 2 fully saturated rings. The van der Waals surface area contributed by atoms with Crippen LogP contribution in [0.3, 0.4) is 0 Å². The molecule has 2 aliphatic carbocycles. The quantitative estimate of drug-likeness (QED) is 0.666. The zero-order valence-corrected chi connectivity index (χ0v) is 14.7. The second-order valence-corrected chi connectivity index (χ2v) is 7.25. The third-order valence-electron chi connectivity index (χ3n) is 4.94. The number of allylic oxidation sites excluding steroid dienone is 2. The van der Waals surface area contributed by atoms with Gasteiger partial charge in [0.25, 0.3) is 0 Å². The smallest absolute Gasteiger partial charge is 0.402 e.